The molecular weight excluding hydrogens is 695 g/mol. The van der Waals surface area contributed by atoms with E-state index in [1.807, 2.05) is 36.4 Å². The van der Waals surface area contributed by atoms with Crippen LogP contribution in [-0.2, 0) is 30.0 Å². The summed E-state index contributed by atoms with van der Waals surface area (Å²) in [5, 5.41) is 23.8. The van der Waals surface area contributed by atoms with Crippen molar-refractivity contribution in [2.45, 2.75) is 114 Å². The number of carboxylic acid groups (broad SMARTS) is 1. The first-order valence-corrected chi connectivity index (χ1v) is 18.9. The Labute approximate surface area is 322 Å². The van der Waals surface area contributed by atoms with Crippen LogP contribution in [0.1, 0.15) is 103 Å². The fraction of sp³-hybridized carbons (Fsp3) is 0.610. The summed E-state index contributed by atoms with van der Waals surface area (Å²) < 4.78 is 11.4. The van der Waals surface area contributed by atoms with E-state index < -0.39 is 54.2 Å². The topological polar surface area (TPSA) is 146 Å². The third kappa shape index (κ3) is 11.3. The van der Waals surface area contributed by atoms with Gasteiger partial charge in [-0.2, -0.15) is 13.5 Å². The minimum absolute atomic E-state index is 0. The average Bonchev–Trinajstić information content (AvgIpc) is 3.42. The van der Waals surface area contributed by atoms with E-state index in [-0.39, 0.29) is 35.8 Å². The van der Waals surface area contributed by atoms with Crippen LogP contribution in [0, 0.1) is 5.92 Å². The molecule has 53 heavy (non-hydrogen) atoms. The van der Waals surface area contributed by atoms with Crippen LogP contribution >= 0.6 is 13.5 Å². The number of nitrogens with zero attached hydrogens (tertiary/aromatic N) is 2. The zero-order chi connectivity index (χ0) is 38.1. The van der Waals surface area contributed by atoms with Gasteiger partial charge in [0, 0.05) is 23.9 Å². The second kappa shape index (κ2) is 19.2. The normalized spacial score (nSPS) is 23.0. The van der Waals surface area contributed by atoms with Crippen LogP contribution in [0.2, 0.25) is 0 Å². The van der Waals surface area contributed by atoms with Gasteiger partial charge in [0.2, 0.25) is 0 Å². The summed E-state index contributed by atoms with van der Waals surface area (Å²) in [5.74, 6) is -4.43. The molecule has 3 N–H and O–H groups in total. The summed E-state index contributed by atoms with van der Waals surface area (Å²) in [6.07, 6.45) is 6.35. The summed E-state index contributed by atoms with van der Waals surface area (Å²) in [6.45, 7) is 11.3. The molecule has 0 bridgehead atoms. The molecule has 2 aromatic rings. The minimum Gasteiger partial charge on any atom is -0.480 e. The highest BCUT2D eigenvalue weighted by Crippen LogP contribution is 2.39. The van der Waals surface area contributed by atoms with E-state index >= 15 is 0 Å². The lowest BCUT2D eigenvalue weighted by molar-refractivity contribution is -0.159. The summed E-state index contributed by atoms with van der Waals surface area (Å²) in [4.78, 5) is 57.2. The number of hydrogen-bond donors (Lipinski definition) is 3. The molecule has 3 atom stereocenters. The Kier molecular flexibility index (Phi) is 15.9. The molecule has 12 heteroatoms. The van der Waals surface area contributed by atoms with Gasteiger partial charge >= 0.3 is 17.9 Å². The first kappa shape index (κ1) is 44.0. The Hall–Kier alpha value is -3.45. The molecule has 2 aliphatic heterocycles. The molecule has 0 aliphatic carbocycles. The monoisotopic (exact) mass is 755 g/mol. The first-order valence-electron chi connectivity index (χ1n) is 18.9. The van der Waals surface area contributed by atoms with Gasteiger partial charge in [0.05, 0.1) is 12.8 Å². The van der Waals surface area contributed by atoms with E-state index in [0.29, 0.717) is 0 Å². The van der Waals surface area contributed by atoms with Crippen molar-refractivity contribution in [3.63, 3.8) is 0 Å². The van der Waals surface area contributed by atoms with Gasteiger partial charge in [-0.1, -0.05) is 64.8 Å². The van der Waals surface area contributed by atoms with Gasteiger partial charge in [-0.25, -0.2) is 4.79 Å². The number of likely N-dealkylation sites (N-methyl/N-ethyl adjacent to an activating group) is 2. The number of aliphatic hydroxyl groups is 1. The van der Waals surface area contributed by atoms with Gasteiger partial charge in [-0.05, 0) is 107 Å². The molecule has 1 amide bonds. The highest BCUT2D eigenvalue weighted by molar-refractivity contribution is 7.59. The number of aliphatic carboxylic acids is 1. The number of carbonyl (C=O) groups excluding carboxylic acids is 3. The van der Waals surface area contributed by atoms with E-state index in [4.69, 9.17) is 9.47 Å². The Balaban J connectivity index is 0.00000756. The quantitative estimate of drug-likeness (QED) is 0.165. The number of esters is 2. The fourth-order valence-corrected chi connectivity index (χ4v) is 8.10. The number of hydrogen-bond acceptors (Lipinski definition) is 9. The van der Waals surface area contributed by atoms with E-state index in [9.17, 15) is 29.4 Å². The second-order valence-electron chi connectivity index (χ2n) is 15.6. The Morgan fingerprint density at radius 2 is 1.23 bits per heavy atom. The molecule has 2 unspecified atom stereocenters. The van der Waals surface area contributed by atoms with E-state index in [1.165, 1.54) is 0 Å². The van der Waals surface area contributed by atoms with Crippen molar-refractivity contribution < 1.29 is 38.9 Å². The van der Waals surface area contributed by atoms with Crippen LogP contribution in [0.4, 0.5) is 0 Å². The molecule has 2 aliphatic rings. The van der Waals surface area contributed by atoms with Gasteiger partial charge in [-0.15, -0.1) is 0 Å². The van der Waals surface area contributed by atoms with Crippen molar-refractivity contribution in [2.24, 2.45) is 5.92 Å². The molecule has 4 rings (SSSR count). The van der Waals surface area contributed by atoms with Crippen LogP contribution in [0.25, 0.3) is 0 Å². The molecule has 2 saturated heterocycles. The molecule has 2 aromatic carbocycles. The zero-order valence-corrected chi connectivity index (χ0v) is 33.4. The molecule has 11 nitrogen and oxygen atoms in total. The Bertz CT molecular complexity index is 1480. The number of ether oxygens (including phenoxy) is 2. The molecule has 294 valence electrons. The van der Waals surface area contributed by atoms with Crippen LogP contribution in [0.5, 0.6) is 11.5 Å². The van der Waals surface area contributed by atoms with E-state index in [1.54, 1.807) is 26.0 Å². The maximum atomic E-state index is 13.6. The van der Waals surface area contributed by atoms with Crippen LogP contribution in [0.3, 0.4) is 0 Å². The van der Waals surface area contributed by atoms with Crippen molar-refractivity contribution in [1.29, 1.82) is 0 Å². The largest absolute Gasteiger partial charge is 0.480 e. The van der Waals surface area contributed by atoms with Crippen molar-refractivity contribution >= 4 is 37.3 Å². The lowest BCUT2D eigenvalue weighted by Gasteiger charge is -2.35. The number of likely N-dealkylation sites (tertiary alicyclic amines) is 2. The zero-order valence-electron chi connectivity index (χ0n) is 32.4. The van der Waals surface area contributed by atoms with Gasteiger partial charge in [-0.3, -0.25) is 14.4 Å². The van der Waals surface area contributed by atoms with Crippen molar-refractivity contribution in [3.8, 4) is 11.5 Å². The highest BCUT2D eigenvalue weighted by atomic mass is 32.1. The second-order valence-corrected chi connectivity index (χ2v) is 15.6. The maximum Gasteiger partial charge on any atom is 0.326 e. The number of benzene rings is 2. The molecule has 0 aromatic heterocycles. The molecule has 2 heterocycles. The van der Waals surface area contributed by atoms with Crippen LogP contribution < -0.4 is 14.8 Å². The lowest BCUT2D eigenvalue weighted by Crippen LogP contribution is -2.56. The summed E-state index contributed by atoms with van der Waals surface area (Å²) in [5.41, 5.74) is -0.833. The molecule has 2 fully saturated rings. The smallest absolute Gasteiger partial charge is 0.326 e. The first-order chi connectivity index (χ1) is 24.6. The van der Waals surface area contributed by atoms with E-state index in [0.717, 1.165) is 88.7 Å². The van der Waals surface area contributed by atoms with Gasteiger partial charge in [0.25, 0.3) is 5.91 Å². The molecule has 0 saturated carbocycles. The van der Waals surface area contributed by atoms with Crippen LogP contribution in [-0.4, -0.2) is 95.7 Å². The number of rotatable bonds is 14. The fourth-order valence-electron chi connectivity index (χ4n) is 8.10. The van der Waals surface area contributed by atoms with Gasteiger partial charge in [0.1, 0.15) is 17.5 Å². The van der Waals surface area contributed by atoms with Crippen molar-refractivity contribution in [1.82, 2.24) is 15.1 Å². The summed E-state index contributed by atoms with van der Waals surface area (Å²) in [7, 11) is 4.22. The standard InChI is InChI=1S/C41H59N3O8.H2S/c1-7-39(19-9-11-21-43(5)27-39)30-15-13-17-32(23-30)51-34(45)25-41(50,38(49)42-36(29(3)4)37(47)48)26-35(46)52-33-18-14-16-31(24-33)40(8-2)20-10-12-22-44(6)28-40;/h13-18,23-24,29,36,50H,7-12,19-22,25-28H2,1-6H3,(H,42,49)(H,47,48);1H2/t36-,39?,40?,41?;/m0./s1. The van der Waals surface area contributed by atoms with E-state index in [2.05, 4.69) is 43.1 Å². The number of amides is 1. The maximum absolute atomic E-state index is 13.6. The SMILES string of the molecule is CCC1(c2cccc(OC(=O)CC(O)(CC(=O)Oc3cccc(C4(CC)CCCCN(C)C4)c3)C(=O)N[C@H](C(=O)O)C(C)C)c2)CCCCN(C)C1.S. The third-order valence-electron chi connectivity index (χ3n) is 11.3. The van der Waals surface area contributed by atoms with Gasteiger partial charge in [0.15, 0.2) is 5.60 Å². The number of nitrogens with one attached hydrogen (secondary N) is 1. The predicted molar refractivity (Wildman–Crippen MR) is 210 cm³/mol. The third-order valence-corrected chi connectivity index (χ3v) is 11.3. The molecule has 0 radical (unpaired) electrons. The molecule has 0 spiro atoms. The number of carboxylic acids is 1. The predicted octanol–water partition coefficient (Wildman–Crippen LogP) is 5.57. The van der Waals surface area contributed by atoms with Crippen LogP contribution in [0.15, 0.2) is 48.5 Å². The van der Waals surface area contributed by atoms with Crippen molar-refractivity contribution in [2.75, 3.05) is 40.3 Å². The number of carbonyl (C=O) groups is 4. The average molecular weight is 756 g/mol. The Morgan fingerprint density at radius 1 is 0.792 bits per heavy atom. The minimum atomic E-state index is -2.66. The summed E-state index contributed by atoms with van der Waals surface area (Å²) in [6, 6.07) is 13.3. The highest BCUT2D eigenvalue weighted by Gasteiger charge is 2.44. The molecular formula is C41H61N3O8S. The van der Waals surface area contributed by atoms with Crippen molar-refractivity contribution in [3.05, 3.63) is 59.7 Å². The Morgan fingerprint density at radius 3 is 1.60 bits per heavy atom. The van der Waals surface area contributed by atoms with Gasteiger partial charge < -0.3 is 34.8 Å². The lowest BCUT2D eigenvalue weighted by atomic mass is 9.74. The summed E-state index contributed by atoms with van der Waals surface area (Å²) >= 11 is 0.